The maximum atomic E-state index is 13.8. The van der Waals surface area contributed by atoms with Gasteiger partial charge in [-0.05, 0) is 36.4 Å². The van der Waals surface area contributed by atoms with Crippen molar-refractivity contribution >= 4 is 54.7 Å². The van der Waals surface area contributed by atoms with E-state index >= 15 is 0 Å². The first-order valence-corrected chi connectivity index (χ1v) is 12.4. The topological polar surface area (TPSA) is 112 Å². The molecule has 1 aliphatic heterocycles. The van der Waals surface area contributed by atoms with Crippen molar-refractivity contribution in [3.05, 3.63) is 57.3 Å². The Labute approximate surface area is 187 Å². The van der Waals surface area contributed by atoms with Crippen LogP contribution in [0.2, 0.25) is 15.1 Å². The van der Waals surface area contributed by atoms with Gasteiger partial charge in [-0.15, -0.1) is 0 Å². The summed E-state index contributed by atoms with van der Waals surface area (Å²) in [4.78, 5) is -0.852. The van der Waals surface area contributed by atoms with Crippen molar-refractivity contribution in [1.82, 2.24) is 4.31 Å². The monoisotopic (exact) mass is 517 g/mol. The molecule has 2 atom stereocenters. The number of halogens is 4. The van der Waals surface area contributed by atoms with E-state index in [1.165, 1.54) is 12.1 Å². The Bertz CT molecular complexity index is 1210. The van der Waals surface area contributed by atoms with E-state index in [0.29, 0.717) is 10.4 Å². The molecule has 1 aliphatic rings. The van der Waals surface area contributed by atoms with Crippen molar-refractivity contribution in [2.45, 2.75) is 20.6 Å². The normalized spacial score (nSPS) is 23.1. The quantitative estimate of drug-likeness (QED) is 0.628. The van der Waals surface area contributed by atoms with Crippen molar-refractivity contribution in [2.24, 2.45) is 0 Å². The van der Waals surface area contributed by atoms with Gasteiger partial charge in [-0.2, -0.15) is 4.31 Å². The van der Waals surface area contributed by atoms with Crippen LogP contribution < -0.4 is 0 Å². The van der Waals surface area contributed by atoms with E-state index in [-0.39, 0.29) is 20.0 Å². The standard InChI is InChI=1S/C17H15Cl3FNO6S2/c18-10-1-4-15(13(20)5-10)30(27,28)22-7-16(17(24,8-22)9-23)29(25,26)11-2-3-12(19)14(21)6-11/h1-6,16,23-24H,7-9H2/t16?,17-/m1/s1. The fraction of sp³-hybridized carbons (Fsp3) is 0.294. The van der Waals surface area contributed by atoms with Gasteiger partial charge in [0.2, 0.25) is 10.0 Å². The van der Waals surface area contributed by atoms with Crippen LogP contribution in [0.25, 0.3) is 0 Å². The molecule has 0 radical (unpaired) electrons. The molecule has 30 heavy (non-hydrogen) atoms. The first-order valence-electron chi connectivity index (χ1n) is 8.30. The Morgan fingerprint density at radius 2 is 1.73 bits per heavy atom. The maximum absolute atomic E-state index is 13.8. The SMILES string of the molecule is O=S(=O)(c1ccc(Cl)c(F)c1)C1CN(S(=O)(=O)c2ccc(Cl)cc2Cl)C[C@@]1(O)CO. The zero-order valence-corrected chi connectivity index (χ0v) is 18.9. The summed E-state index contributed by atoms with van der Waals surface area (Å²) in [7, 11) is -8.80. The lowest BCUT2D eigenvalue weighted by Gasteiger charge is -2.26. The Hall–Kier alpha value is -0.980. The van der Waals surface area contributed by atoms with Crippen molar-refractivity contribution < 1.29 is 31.4 Å². The molecular formula is C17H15Cl3FNO6S2. The van der Waals surface area contributed by atoms with Crippen LogP contribution >= 0.6 is 34.8 Å². The van der Waals surface area contributed by atoms with E-state index in [4.69, 9.17) is 34.8 Å². The van der Waals surface area contributed by atoms with Crippen LogP contribution in [0.3, 0.4) is 0 Å². The smallest absolute Gasteiger partial charge is 0.244 e. The highest BCUT2D eigenvalue weighted by Gasteiger charge is 2.55. The Balaban J connectivity index is 2.04. The minimum atomic E-state index is -4.46. The number of β-amino-alcohol motifs (C(OH)–C–C–N with tert-alkyl or cyclic N) is 1. The van der Waals surface area contributed by atoms with Crippen LogP contribution in [0.4, 0.5) is 4.39 Å². The molecule has 2 aromatic carbocycles. The highest BCUT2D eigenvalue weighted by molar-refractivity contribution is 7.92. The molecule has 164 valence electrons. The van der Waals surface area contributed by atoms with Gasteiger partial charge in [0.15, 0.2) is 9.84 Å². The molecule has 0 amide bonds. The molecule has 3 rings (SSSR count). The van der Waals surface area contributed by atoms with Crippen molar-refractivity contribution in [2.75, 3.05) is 19.7 Å². The van der Waals surface area contributed by atoms with E-state index < -0.39 is 61.1 Å². The summed E-state index contributed by atoms with van der Waals surface area (Å²) >= 11 is 17.3. The fourth-order valence-electron chi connectivity index (χ4n) is 3.19. The summed E-state index contributed by atoms with van der Waals surface area (Å²) in [5.74, 6) is -0.999. The predicted octanol–water partition coefficient (Wildman–Crippen LogP) is 2.36. The zero-order chi connectivity index (χ0) is 22.5. The van der Waals surface area contributed by atoms with Crippen LogP contribution in [-0.4, -0.2) is 61.9 Å². The summed E-state index contributed by atoms with van der Waals surface area (Å²) in [5, 5.41) is 18.4. The molecule has 1 saturated heterocycles. The number of hydrogen-bond donors (Lipinski definition) is 2. The molecule has 1 fully saturated rings. The number of sulfone groups is 1. The molecular weight excluding hydrogens is 504 g/mol. The summed E-state index contributed by atoms with van der Waals surface area (Å²) in [6.45, 7) is -2.46. The third-order valence-corrected chi connectivity index (χ3v) is 9.88. The summed E-state index contributed by atoms with van der Waals surface area (Å²) in [6.07, 6.45) is 0. The van der Waals surface area contributed by atoms with Crippen LogP contribution in [0.15, 0.2) is 46.2 Å². The second-order valence-corrected chi connectivity index (χ2v) is 12.0. The summed E-state index contributed by atoms with van der Waals surface area (Å²) in [5.41, 5.74) is -2.33. The van der Waals surface area contributed by atoms with Crippen LogP contribution in [-0.2, 0) is 19.9 Å². The van der Waals surface area contributed by atoms with E-state index in [9.17, 15) is 31.4 Å². The van der Waals surface area contributed by atoms with Gasteiger partial charge in [-0.3, -0.25) is 0 Å². The van der Waals surface area contributed by atoms with E-state index in [1.54, 1.807) is 0 Å². The third kappa shape index (κ3) is 4.07. The number of nitrogens with zero attached hydrogens (tertiary/aromatic N) is 1. The van der Waals surface area contributed by atoms with Gasteiger partial charge in [0.05, 0.1) is 21.5 Å². The Morgan fingerprint density at radius 1 is 1.07 bits per heavy atom. The number of benzene rings is 2. The summed E-state index contributed by atoms with van der Waals surface area (Å²) < 4.78 is 66.6. The van der Waals surface area contributed by atoms with Gasteiger partial charge in [0.25, 0.3) is 0 Å². The lowest BCUT2D eigenvalue weighted by molar-refractivity contribution is 0.00159. The third-order valence-electron chi connectivity index (χ3n) is 4.80. The van der Waals surface area contributed by atoms with Gasteiger partial charge in [0, 0.05) is 18.1 Å². The first kappa shape index (κ1) is 23.7. The van der Waals surface area contributed by atoms with Crippen LogP contribution in [0.5, 0.6) is 0 Å². The maximum Gasteiger partial charge on any atom is 0.244 e. The molecule has 1 unspecified atom stereocenters. The zero-order valence-electron chi connectivity index (χ0n) is 15.0. The molecule has 7 nitrogen and oxygen atoms in total. The fourth-order valence-corrected chi connectivity index (χ4v) is 7.62. The Morgan fingerprint density at radius 3 is 2.30 bits per heavy atom. The average molecular weight is 519 g/mol. The molecule has 2 aromatic rings. The highest BCUT2D eigenvalue weighted by Crippen LogP contribution is 2.37. The lowest BCUT2D eigenvalue weighted by atomic mass is 10.1. The van der Waals surface area contributed by atoms with E-state index in [2.05, 4.69) is 0 Å². The number of sulfonamides is 1. The van der Waals surface area contributed by atoms with E-state index in [1.807, 2.05) is 0 Å². The van der Waals surface area contributed by atoms with Crippen LogP contribution in [0.1, 0.15) is 0 Å². The largest absolute Gasteiger partial charge is 0.393 e. The van der Waals surface area contributed by atoms with Crippen molar-refractivity contribution in [3.63, 3.8) is 0 Å². The second kappa shape index (κ2) is 8.18. The molecule has 13 heteroatoms. The first-order chi connectivity index (χ1) is 13.8. The van der Waals surface area contributed by atoms with Gasteiger partial charge < -0.3 is 10.2 Å². The molecule has 0 aromatic heterocycles. The Kier molecular flexibility index (Phi) is 6.45. The molecule has 0 bridgehead atoms. The molecule has 0 spiro atoms. The minimum Gasteiger partial charge on any atom is -0.393 e. The van der Waals surface area contributed by atoms with E-state index in [0.717, 1.165) is 18.2 Å². The highest BCUT2D eigenvalue weighted by atomic mass is 35.5. The van der Waals surface area contributed by atoms with Gasteiger partial charge >= 0.3 is 0 Å². The molecule has 1 heterocycles. The van der Waals surface area contributed by atoms with Crippen molar-refractivity contribution in [1.29, 1.82) is 0 Å². The van der Waals surface area contributed by atoms with Gasteiger partial charge in [-0.1, -0.05) is 34.8 Å². The van der Waals surface area contributed by atoms with Gasteiger partial charge in [0.1, 0.15) is 21.6 Å². The summed E-state index contributed by atoms with van der Waals surface area (Å²) in [6, 6.07) is 6.37. The van der Waals surface area contributed by atoms with Gasteiger partial charge in [-0.25, -0.2) is 21.2 Å². The minimum absolute atomic E-state index is 0.192. The van der Waals surface area contributed by atoms with Crippen molar-refractivity contribution in [3.8, 4) is 0 Å². The number of aliphatic hydroxyl groups excluding tert-OH is 1. The molecule has 0 saturated carbocycles. The predicted molar refractivity (Wildman–Crippen MR) is 110 cm³/mol. The number of hydrogen-bond acceptors (Lipinski definition) is 6. The number of rotatable bonds is 5. The molecule has 2 N–H and O–H groups in total. The van der Waals surface area contributed by atoms with Crippen LogP contribution in [0, 0.1) is 5.82 Å². The lowest BCUT2D eigenvalue weighted by Crippen LogP contribution is -2.49. The number of aliphatic hydroxyl groups is 2. The second-order valence-electron chi connectivity index (χ2n) is 6.74. The average Bonchev–Trinajstić information content (AvgIpc) is 3.03. The molecule has 0 aliphatic carbocycles.